The van der Waals surface area contributed by atoms with E-state index < -0.39 is 0 Å². The van der Waals surface area contributed by atoms with Crippen LogP contribution in [-0.4, -0.2) is 4.98 Å². The highest BCUT2D eigenvalue weighted by Crippen LogP contribution is 2.38. The minimum Gasteiger partial charge on any atom is -0.354 e. The first kappa shape index (κ1) is 13.6. The molecule has 2 heteroatoms. The molecule has 1 N–H and O–H groups in total. The van der Waals surface area contributed by atoms with E-state index in [1.807, 2.05) is 0 Å². The van der Waals surface area contributed by atoms with Crippen LogP contribution in [0.3, 0.4) is 0 Å². The minimum absolute atomic E-state index is 1.18. The van der Waals surface area contributed by atoms with Crippen LogP contribution in [0.2, 0.25) is 0 Å². The summed E-state index contributed by atoms with van der Waals surface area (Å²) in [5.74, 6) is 0. The molecule has 0 aliphatic rings. The zero-order chi connectivity index (χ0) is 14.9. The monoisotopic (exact) mass is 395 g/mol. The zero-order valence-electron chi connectivity index (χ0n) is 11.9. The molecule has 0 atom stereocenters. The van der Waals surface area contributed by atoms with Crippen molar-refractivity contribution < 1.29 is 0 Å². The third-order valence-electron chi connectivity index (χ3n) is 3.89. The number of H-pyrrole nitrogens is 1. The summed E-state index contributed by atoms with van der Waals surface area (Å²) < 4.78 is 1.25. The first-order valence-electron chi connectivity index (χ1n) is 7.25. The first-order valence-corrected chi connectivity index (χ1v) is 8.33. The van der Waals surface area contributed by atoms with E-state index in [0.717, 1.165) is 0 Å². The van der Waals surface area contributed by atoms with Crippen LogP contribution < -0.4 is 0 Å². The van der Waals surface area contributed by atoms with Crippen molar-refractivity contribution in [3.05, 3.63) is 82.4 Å². The molecule has 0 radical (unpaired) electrons. The number of hydrogen-bond acceptors (Lipinski definition) is 0. The Morgan fingerprint density at radius 3 is 2.00 bits per heavy atom. The van der Waals surface area contributed by atoms with Crippen LogP contribution in [-0.2, 0) is 0 Å². The molecule has 1 heterocycles. The number of nitrogens with one attached hydrogen (secondary N) is 1. The molecule has 0 aliphatic heterocycles. The predicted molar refractivity (Wildman–Crippen MR) is 102 cm³/mol. The average Bonchev–Trinajstić information content (AvgIpc) is 2.95. The zero-order valence-corrected chi connectivity index (χ0v) is 14.0. The van der Waals surface area contributed by atoms with E-state index in [1.54, 1.807) is 0 Å². The quantitative estimate of drug-likeness (QED) is 0.395. The topological polar surface area (TPSA) is 15.8 Å². The summed E-state index contributed by atoms with van der Waals surface area (Å²) in [4.78, 5) is 3.60. The van der Waals surface area contributed by atoms with Crippen LogP contribution in [0.5, 0.6) is 0 Å². The lowest BCUT2D eigenvalue weighted by molar-refractivity contribution is 1.45. The second kappa shape index (κ2) is 5.61. The van der Waals surface area contributed by atoms with E-state index in [2.05, 4.69) is 106 Å². The molecule has 4 rings (SSSR count). The number of halogens is 1. The second-order valence-corrected chi connectivity index (χ2v) is 6.54. The summed E-state index contributed by atoms with van der Waals surface area (Å²) >= 11 is 2.37. The minimum atomic E-state index is 1.18. The van der Waals surface area contributed by atoms with E-state index in [9.17, 15) is 0 Å². The van der Waals surface area contributed by atoms with Crippen molar-refractivity contribution in [2.75, 3.05) is 0 Å². The van der Waals surface area contributed by atoms with Gasteiger partial charge in [0.25, 0.3) is 0 Å². The Morgan fingerprint density at radius 1 is 0.682 bits per heavy atom. The lowest BCUT2D eigenvalue weighted by Gasteiger charge is -2.05. The fourth-order valence-electron chi connectivity index (χ4n) is 2.89. The van der Waals surface area contributed by atoms with Crippen LogP contribution in [0.25, 0.3) is 33.3 Å². The Kier molecular flexibility index (Phi) is 3.47. The molecule has 0 unspecified atom stereocenters. The van der Waals surface area contributed by atoms with Gasteiger partial charge in [-0.3, -0.25) is 0 Å². The van der Waals surface area contributed by atoms with Gasteiger partial charge in [0.05, 0.1) is 5.69 Å². The Morgan fingerprint density at radius 2 is 1.32 bits per heavy atom. The van der Waals surface area contributed by atoms with E-state index in [1.165, 1.54) is 36.9 Å². The smallest absolute Gasteiger partial charge is 0.0544 e. The molecular formula is C20H14IN. The van der Waals surface area contributed by atoms with E-state index >= 15 is 0 Å². The largest absolute Gasteiger partial charge is 0.354 e. The molecule has 3 aromatic carbocycles. The highest BCUT2D eigenvalue weighted by Gasteiger charge is 2.14. The Balaban J connectivity index is 2.08. The predicted octanol–water partition coefficient (Wildman–Crippen LogP) is 6.11. The van der Waals surface area contributed by atoms with Gasteiger partial charge in [0.2, 0.25) is 0 Å². The summed E-state index contributed by atoms with van der Waals surface area (Å²) in [5.41, 5.74) is 6.10. The van der Waals surface area contributed by atoms with Gasteiger partial charge in [-0.25, -0.2) is 0 Å². The molecule has 0 bridgehead atoms. The van der Waals surface area contributed by atoms with E-state index in [0.29, 0.717) is 0 Å². The van der Waals surface area contributed by atoms with Crippen LogP contribution in [0, 0.1) is 3.57 Å². The Labute approximate surface area is 143 Å². The van der Waals surface area contributed by atoms with Gasteiger partial charge in [-0.05, 0) is 51.9 Å². The number of aromatic nitrogens is 1. The molecular weight excluding hydrogens is 381 g/mol. The number of hydrogen-bond donors (Lipinski definition) is 1. The van der Waals surface area contributed by atoms with Crippen LogP contribution >= 0.6 is 22.6 Å². The molecule has 22 heavy (non-hydrogen) atoms. The average molecular weight is 395 g/mol. The Bertz CT molecular complexity index is 924. The second-order valence-electron chi connectivity index (χ2n) is 5.30. The molecule has 0 saturated heterocycles. The number of benzene rings is 3. The van der Waals surface area contributed by atoms with Crippen molar-refractivity contribution in [1.82, 2.24) is 4.98 Å². The number of rotatable bonds is 2. The van der Waals surface area contributed by atoms with Crippen molar-refractivity contribution in [1.29, 1.82) is 0 Å². The molecule has 0 aliphatic carbocycles. The van der Waals surface area contributed by atoms with Crippen molar-refractivity contribution in [2.24, 2.45) is 0 Å². The van der Waals surface area contributed by atoms with E-state index in [-0.39, 0.29) is 0 Å². The number of fused-ring (bicyclic) bond motifs is 1. The third kappa shape index (κ3) is 2.33. The summed E-state index contributed by atoms with van der Waals surface area (Å²) in [6.07, 6.45) is 0. The van der Waals surface area contributed by atoms with Crippen LogP contribution in [0.15, 0.2) is 78.9 Å². The van der Waals surface area contributed by atoms with Crippen LogP contribution in [0.1, 0.15) is 0 Å². The molecule has 0 amide bonds. The van der Waals surface area contributed by atoms with Crippen molar-refractivity contribution in [3.8, 4) is 22.4 Å². The van der Waals surface area contributed by atoms with Gasteiger partial charge >= 0.3 is 0 Å². The molecule has 1 nitrogen and oxygen atoms in total. The van der Waals surface area contributed by atoms with Gasteiger partial charge in [-0.2, -0.15) is 0 Å². The fraction of sp³-hybridized carbons (Fsp3) is 0. The maximum Gasteiger partial charge on any atom is 0.0544 e. The lowest BCUT2D eigenvalue weighted by atomic mass is 9.98. The van der Waals surface area contributed by atoms with Gasteiger partial charge in [0.1, 0.15) is 0 Å². The van der Waals surface area contributed by atoms with Crippen LogP contribution in [0.4, 0.5) is 0 Å². The summed E-state index contributed by atoms with van der Waals surface area (Å²) in [6, 6.07) is 27.7. The number of aromatic amines is 1. The van der Waals surface area contributed by atoms with Gasteiger partial charge in [-0.15, -0.1) is 0 Å². The molecule has 0 spiro atoms. The molecule has 0 fully saturated rings. The highest BCUT2D eigenvalue weighted by atomic mass is 127. The summed E-state index contributed by atoms with van der Waals surface area (Å²) in [6.45, 7) is 0. The maximum atomic E-state index is 3.60. The molecule has 4 aromatic rings. The highest BCUT2D eigenvalue weighted by molar-refractivity contribution is 14.1. The third-order valence-corrected chi connectivity index (χ3v) is 4.56. The van der Waals surface area contributed by atoms with Gasteiger partial charge < -0.3 is 4.98 Å². The fourth-order valence-corrected chi connectivity index (χ4v) is 3.38. The normalized spacial score (nSPS) is 11.0. The summed E-state index contributed by atoms with van der Waals surface area (Å²) in [7, 11) is 0. The van der Waals surface area contributed by atoms with Gasteiger partial charge in [0, 0.05) is 20.0 Å². The van der Waals surface area contributed by atoms with Gasteiger partial charge in [0.15, 0.2) is 0 Å². The van der Waals surface area contributed by atoms with Crippen molar-refractivity contribution in [2.45, 2.75) is 0 Å². The van der Waals surface area contributed by atoms with Crippen molar-refractivity contribution >= 4 is 33.5 Å². The van der Waals surface area contributed by atoms with E-state index in [4.69, 9.17) is 0 Å². The Hall–Kier alpha value is -2.07. The molecule has 1 aromatic heterocycles. The van der Waals surface area contributed by atoms with Gasteiger partial charge in [-0.1, -0.05) is 60.7 Å². The summed E-state index contributed by atoms with van der Waals surface area (Å²) in [5, 5.41) is 1.27. The molecule has 106 valence electrons. The first-order chi connectivity index (χ1) is 10.8. The maximum absolute atomic E-state index is 3.60. The standard InChI is InChI=1S/C20H14IN/c21-16-11-12-18-17(13-16)19(14-7-3-1-4-8-14)20(22-18)15-9-5-2-6-10-15/h1-13,22H. The lowest BCUT2D eigenvalue weighted by Crippen LogP contribution is -1.82. The molecule has 0 saturated carbocycles. The SMILES string of the molecule is Ic1ccc2[nH]c(-c3ccccc3)c(-c3ccccc3)c2c1. The van der Waals surface area contributed by atoms with Crippen molar-refractivity contribution in [3.63, 3.8) is 0 Å².